The lowest BCUT2D eigenvalue weighted by molar-refractivity contribution is -0.139. The monoisotopic (exact) mass is 363 g/mol. The van der Waals surface area contributed by atoms with Gasteiger partial charge in [-0.2, -0.15) is 0 Å². The Balaban J connectivity index is 1.52. The van der Waals surface area contributed by atoms with E-state index in [4.69, 9.17) is 5.11 Å². The third kappa shape index (κ3) is 4.52. The zero-order valence-corrected chi connectivity index (χ0v) is 15.0. The number of halogens is 1. The van der Waals surface area contributed by atoms with Crippen LogP contribution in [0.1, 0.15) is 38.2 Å². The highest BCUT2D eigenvalue weighted by Crippen LogP contribution is 2.30. The Kier molecular flexibility index (Phi) is 5.76. The number of rotatable bonds is 8. The minimum atomic E-state index is -0.830. The Bertz CT molecular complexity index is 659. The molecule has 0 radical (unpaired) electrons. The number of nitrogens with zero attached hydrogens (tertiary/aromatic N) is 2. The highest BCUT2D eigenvalue weighted by molar-refractivity contribution is 5.75. The van der Waals surface area contributed by atoms with Gasteiger partial charge in [0.25, 0.3) is 0 Å². The van der Waals surface area contributed by atoms with E-state index in [0.29, 0.717) is 12.1 Å². The van der Waals surface area contributed by atoms with Gasteiger partial charge in [0.2, 0.25) is 0 Å². The van der Waals surface area contributed by atoms with Crippen molar-refractivity contribution in [2.45, 2.75) is 57.3 Å². The fraction of sp³-hybridized carbons (Fsp3) is 0.579. The van der Waals surface area contributed by atoms with Crippen LogP contribution in [-0.2, 0) is 11.3 Å². The maximum Gasteiger partial charge on any atom is 0.318 e. The van der Waals surface area contributed by atoms with Gasteiger partial charge in [-0.1, -0.05) is 25.1 Å². The summed E-state index contributed by atoms with van der Waals surface area (Å²) in [6.45, 7) is 2.93. The topological polar surface area (TPSA) is 72.9 Å². The Morgan fingerprint density at radius 1 is 1.23 bits per heavy atom. The summed E-state index contributed by atoms with van der Waals surface area (Å²) in [4.78, 5) is 27.2. The summed E-state index contributed by atoms with van der Waals surface area (Å²) in [6.07, 6.45) is 3.42. The summed E-state index contributed by atoms with van der Waals surface area (Å²) in [5, 5.41) is 12.0. The molecule has 0 bridgehead atoms. The molecule has 2 aliphatic rings. The molecule has 2 amide bonds. The number of likely N-dealkylation sites (N-methyl/N-ethyl adjacent to an activating group) is 1. The lowest BCUT2D eigenvalue weighted by Crippen LogP contribution is -2.57. The molecule has 0 unspecified atom stereocenters. The van der Waals surface area contributed by atoms with E-state index in [1.54, 1.807) is 23.1 Å². The molecule has 26 heavy (non-hydrogen) atoms. The Hall–Kier alpha value is -2.15. The van der Waals surface area contributed by atoms with Crippen LogP contribution < -0.4 is 5.32 Å². The molecular weight excluding hydrogens is 337 g/mol. The standard InChI is InChI=1S/C19H26FN3O3/c1-2-22(12-18(24)25)16-9-14(10-16)21-19(26)23(15-7-8-15)11-13-5-3-4-6-17(13)20/h3-6,14-16H,2,7-12H2,1H3,(H,21,26)(H,24,25). The second-order valence-corrected chi connectivity index (χ2v) is 7.18. The van der Waals surface area contributed by atoms with Crippen molar-refractivity contribution in [3.8, 4) is 0 Å². The van der Waals surface area contributed by atoms with Gasteiger partial charge in [-0.15, -0.1) is 0 Å². The van der Waals surface area contributed by atoms with Gasteiger partial charge < -0.3 is 15.3 Å². The molecule has 1 aromatic carbocycles. The normalized spacial score (nSPS) is 22.0. The summed E-state index contributed by atoms with van der Waals surface area (Å²) >= 11 is 0. The third-order valence-corrected chi connectivity index (χ3v) is 5.25. The molecule has 2 fully saturated rings. The van der Waals surface area contributed by atoms with Crippen LogP contribution in [0.25, 0.3) is 0 Å². The van der Waals surface area contributed by atoms with Crippen LogP contribution in [0.5, 0.6) is 0 Å². The maximum absolute atomic E-state index is 13.9. The highest BCUT2D eigenvalue weighted by atomic mass is 19.1. The van der Waals surface area contributed by atoms with Crippen molar-refractivity contribution in [1.29, 1.82) is 0 Å². The van der Waals surface area contributed by atoms with E-state index in [2.05, 4.69) is 5.32 Å². The van der Waals surface area contributed by atoms with Gasteiger partial charge in [0, 0.05) is 23.7 Å². The number of urea groups is 1. The van der Waals surface area contributed by atoms with Crippen molar-refractivity contribution in [3.05, 3.63) is 35.6 Å². The number of benzene rings is 1. The molecule has 0 aliphatic heterocycles. The lowest BCUT2D eigenvalue weighted by Gasteiger charge is -2.42. The number of aliphatic carboxylic acids is 1. The molecule has 7 heteroatoms. The van der Waals surface area contributed by atoms with Crippen LogP contribution in [0.15, 0.2) is 24.3 Å². The van der Waals surface area contributed by atoms with Crippen LogP contribution in [0, 0.1) is 5.82 Å². The number of hydrogen-bond acceptors (Lipinski definition) is 3. The second kappa shape index (κ2) is 8.03. The molecule has 3 rings (SSSR count). The quantitative estimate of drug-likeness (QED) is 0.744. The Morgan fingerprint density at radius 3 is 2.50 bits per heavy atom. The van der Waals surface area contributed by atoms with Crippen molar-refractivity contribution in [2.24, 2.45) is 0 Å². The highest BCUT2D eigenvalue weighted by Gasteiger charge is 2.38. The summed E-state index contributed by atoms with van der Waals surface area (Å²) in [5.74, 6) is -1.12. The molecule has 0 saturated heterocycles. The lowest BCUT2D eigenvalue weighted by atomic mass is 9.85. The number of carboxylic acids is 1. The second-order valence-electron chi connectivity index (χ2n) is 7.18. The van der Waals surface area contributed by atoms with E-state index in [1.807, 2.05) is 11.8 Å². The molecule has 0 heterocycles. The van der Waals surface area contributed by atoms with E-state index in [1.165, 1.54) is 6.07 Å². The number of carboxylic acid groups (broad SMARTS) is 1. The van der Waals surface area contributed by atoms with Gasteiger partial charge >= 0.3 is 12.0 Å². The first kappa shape index (κ1) is 18.6. The molecule has 6 nitrogen and oxygen atoms in total. The summed E-state index contributed by atoms with van der Waals surface area (Å²) < 4.78 is 13.9. The van der Waals surface area contributed by atoms with Crippen LogP contribution >= 0.6 is 0 Å². The number of nitrogens with one attached hydrogen (secondary N) is 1. The van der Waals surface area contributed by atoms with Crippen LogP contribution in [0.3, 0.4) is 0 Å². The first-order valence-corrected chi connectivity index (χ1v) is 9.24. The average molecular weight is 363 g/mol. The van der Waals surface area contributed by atoms with E-state index in [0.717, 1.165) is 25.7 Å². The molecule has 0 atom stereocenters. The zero-order valence-electron chi connectivity index (χ0n) is 15.0. The van der Waals surface area contributed by atoms with E-state index in [9.17, 15) is 14.0 Å². The van der Waals surface area contributed by atoms with Gasteiger partial charge in [-0.25, -0.2) is 9.18 Å². The van der Waals surface area contributed by atoms with Gasteiger partial charge in [-0.05, 0) is 38.3 Å². The van der Waals surface area contributed by atoms with Crippen molar-refractivity contribution < 1.29 is 19.1 Å². The van der Waals surface area contributed by atoms with Gasteiger partial charge in [0.05, 0.1) is 13.1 Å². The summed E-state index contributed by atoms with van der Waals surface area (Å²) in [7, 11) is 0. The molecule has 142 valence electrons. The predicted molar refractivity (Wildman–Crippen MR) is 95.2 cm³/mol. The zero-order chi connectivity index (χ0) is 18.7. The number of hydrogen-bond donors (Lipinski definition) is 2. The van der Waals surface area contributed by atoms with Gasteiger partial charge in [-0.3, -0.25) is 9.69 Å². The van der Waals surface area contributed by atoms with Crippen LogP contribution in [-0.4, -0.2) is 58.1 Å². The predicted octanol–water partition coefficient (Wildman–Crippen LogP) is 2.44. The van der Waals surface area contributed by atoms with E-state index >= 15 is 0 Å². The molecule has 2 saturated carbocycles. The van der Waals surface area contributed by atoms with Crippen LogP contribution in [0.2, 0.25) is 0 Å². The number of carbonyl (C=O) groups excluding carboxylic acids is 1. The van der Waals surface area contributed by atoms with Crippen LogP contribution in [0.4, 0.5) is 9.18 Å². The number of amides is 2. The molecule has 2 aliphatic carbocycles. The average Bonchev–Trinajstić information content (AvgIpc) is 3.39. The fourth-order valence-electron chi connectivity index (χ4n) is 3.50. The smallest absolute Gasteiger partial charge is 0.318 e. The van der Waals surface area contributed by atoms with E-state index in [-0.39, 0.29) is 43.1 Å². The largest absolute Gasteiger partial charge is 0.480 e. The van der Waals surface area contributed by atoms with Crippen molar-refractivity contribution in [3.63, 3.8) is 0 Å². The van der Waals surface area contributed by atoms with E-state index < -0.39 is 5.97 Å². The molecule has 2 N–H and O–H groups in total. The Labute approximate surface area is 153 Å². The third-order valence-electron chi connectivity index (χ3n) is 5.25. The van der Waals surface area contributed by atoms with Crippen molar-refractivity contribution in [2.75, 3.05) is 13.1 Å². The molecule has 0 spiro atoms. The summed E-state index contributed by atoms with van der Waals surface area (Å²) in [6, 6.07) is 6.83. The minimum Gasteiger partial charge on any atom is -0.480 e. The summed E-state index contributed by atoms with van der Waals surface area (Å²) in [5.41, 5.74) is 0.527. The number of carbonyl (C=O) groups is 2. The maximum atomic E-state index is 13.9. The SMILES string of the molecule is CCN(CC(=O)O)C1CC(NC(=O)N(Cc2ccccc2F)C2CC2)C1. The molecular formula is C19H26FN3O3. The molecule has 1 aromatic rings. The fourth-order valence-corrected chi connectivity index (χ4v) is 3.50. The van der Waals surface area contributed by atoms with Crippen molar-refractivity contribution >= 4 is 12.0 Å². The molecule has 0 aromatic heterocycles. The van der Waals surface area contributed by atoms with Crippen molar-refractivity contribution in [1.82, 2.24) is 15.1 Å². The first-order chi connectivity index (χ1) is 12.5. The Morgan fingerprint density at radius 2 is 1.92 bits per heavy atom. The van der Waals surface area contributed by atoms with Gasteiger partial charge in [0.1, 0.15) is 5.82 Å². The first-order valence-electron chi connectivity index (χ1n) is 9.24. The van der Waals surface area contributed by atoms with Gasteiger partial charge in [0.15, 0.2) is 0 Å². The minimum absolute atomic E-state index is 0.0311.